The first-order valence-electron chi connectivity index (χ1n) is 5.05. The Hall–Kier alpha value is -0.740. The van der Waals surface area contributed by atoms with E-state index in [0.29, 0.717) is 12.4 Å². The van der Waals surface area contributed by atoms with E-state index in [-0.39, 0.29) is 4.90 Å². The van der Waals surface area contributed by atoms with Crippen LogP contribution in [0.1, 0.15) is 24.5 Å². The fraction of sp³-hybridized carbons (Fsp3) is 0.455. The Bertz CT molecular complexity index is 480. The van der Waals surface area contributed by atoms with Crippen molar-refractivity contribution in [2.45, 2.75) is 32.1 Å². The van der Waals surface area contributed by atoms with Crippen molar-refractivity contribution in [3.63, 3.8) is 0 Å². The minimum Gasteiger partial charge on any atom is -0.492 e. The quantitative estimate of drug-likeness (QED) is 0.784. The molecule has 0 bridgehead atoms. The van der Waals surface area contributed by atoms with Gasteiger partial charge in [-0.05, 0) is 37.5 Å². The number of hydrogen-bond donors (Lipinski definition) is 0. The molecule has 0 aliphatic rings. The van der Waals surface area contributed by atoms with E-state index in [1.807, 2.05) is 26.8 Å². The maximum Gasteiger partial charge on any atom is 0.265 e. The molecule has 0 saturated heterocycles. The van der Waals surface area contributed by atoms with Crippen LogP contribution in [0.15, 0.2) is 17.0 Å². The summed E-state index contributed by atoms with van der Waals surface area (Å²) in [5.41, 5.74) is 1.63. The normalized spacial score (nSPS) is 11.5. The summed E-state index contributed by atoms with van der Waals surface area (Å²) in [6.07, 6.45) is 0.815. The predicted molar refractivity (Wildman–Crippen MR) is 64.7 cm³/mol. The van der Waals surface area contributed by atoms with E-state index in [9.17, 15) is 8.42 Å². The van der Waals surface area contributed by atoms with Crippen molar-refractivity contribution in [3.05, 3.63) is 23.3 Å². The molecule has 3 nitrogen and oxygen atoms in total. The first kappa shape index (κ1) is 13.3. The molecule has 5 heteroatoms. The molecule has 1 aromatic carbocycles. The van der Waals surface area contributed by atoms with Gasteiger partial charge in [0, 0.05) is 10.7 Å². The zero-order valence-electron chi connectivity index (χ0n) is 9.58. The summed E-state index contributed by atoms with van der Waals surface area (Å²) in [5, 5.41) is 0. The lowest BCUT2D eigenvalue weighted by molar-refractivity contribution is 0.307. The maximum atomic E-state index is 11.4. The lowest BCUT2D eigenvalue weighted by Gasteiger charge is -2.12. The van der Waals surface area contributed by atoms with Gasteiger partial charge in [-0.15, -0.1) is 0 Å². The lowest BCUT2D eigenvalue weighted by atomic mass is 10.1. The van der Waals surface area contributed by atoms with E-state index >= 15 is 0 Å². The molecule has 0 fully saturated rings. The van der Waals surface area contributed by atoms with E-state index < -0.39 is 9.05 Å². The molecular formula is C11H15ClO3S. The molecule has 0 atom stereocenters. The number of ether oxygens (including phenoxy) is 1. The molecule has 0 radical (unpaired) electrons. The summed E-state index contributed by atoms with van der Waals surface area (Å²) >= 11 is 0. The van der Waals surface area contributed by atoms with Crippen LogP contribution >= 0.6 is 10.7 Å². The van der Waals surface area contributed by atoms with Gasteiger partial charge in [0.05, 0.1) is 6.61 Å². The van der Waals surface area contributed by atoms with Gasteiger partial charge < -0.3 is 4.74 Å². The summed E-state index contributed by atoms with van der Waals surface area (Å²) in [4.78, 5) is 0.0557. The van der Waals surface area contributed by atoms with Crippen molar-refractivity contribution < 1.29 is 13.2 Å². The summed E-state index contributed by atoms with van der Waals surface area (Å²) in [7, 11) is 1.62. The molecule has 0 aliphatic carbocycles. The van der Waals surface area contributed by atoms with Crippen LogP contribution in [-0.2, 0) is 9.05 Å². The molecule has 0 aromatic heterocycles. The summed E-state index contributed by atoms with van der Waals surface area (Å²) in [6.45, 7) is 6.06. The van der Waals surface area contributed by atoms with Crippen LogP contribution < -0.4 is 4.74 Å². The zero-order chi connectivity index (χ0) is 12.3. The fourth-order valence-electron chi connectivity index (χ4n) is 1.49. The monoisotopic (exact) mass is 262 g/mol. The third kappa shape index (κ3) is 3.12. The van der Waals surface area contributed by atoms with E-state index in [0.717, 1.165) is 17.5 Å². The first-order valence-corrected chi connectivity index (χ1v) is 7.36. The van der Waals surface area contributed by atoms with E-state index in [2.05, 4.69) is 0 Å². The molecule has 0 aliphatic heterocycles. The highest BCUT2D eigenvalue weighted by Gasteiger charge is 2.19. The molecule has 0 heterocycles. The van der Waals surface area contributed by atoms with Crippen molar-refractivity contribution in [2.75, 3.05) is 6.61 Å². The Morgan fingerprint density at radius 1 is 1.31 bits per heavy atom. The predicted octanol–water partition coefficient (Wildman–Crippen LogP) is 3.02. The van der Waals surface area contributed by atoms with Crippen LogP contribution in [-0.4, -0.2) is 15.0 Å². The maximum absolute atomic E-state index is 11.4. The molecular weight excluding hydrogens is 248 g/mol. The number of aryl methyl sites for hydroxylation is 2. The van der Waals surface area contributed by atoms with Crippen LogP contribution in [0.2, 0.25) is 0 Å². The average molecular weight is 263 g/mol. The highest BCUT2D eigenvalue weighted by Crippen LogP contribution is 2.31. The van der Waals surface area contributed by atoms with Crippen LogP contribution in [0.25, 0.3) is 0 Å². The van der Waals surface area contributed by atoms with Gasteiger partial charge in [0.15, 0.2) is 0 Å². The average Bonchev–Trinajstić information content (AvgIpc) is 2.14. The third-order valence-corrected chi connectivity index (χ3v) is 3.43. The first-order chi connectivity index (χ1) is 7.36. The zero-order valence-corrected chi connectivity index (χ0v) is 11.2. The molecule has 0 spiro atoms. The smallest absolute Gasteiger partial charge is 0.265 e. The lowest BCUT2D eigenvalue weighted by Crippen LogP contribution is -2.03. The molecule has 90 valence electrons. The SMILES string of the molecule is CCCOc1c(C)cc(C)cc1S(=O)(=O)Cl. The van der Waals surface area contributed by atoms with E-state index in [4.69, 9.17) is 15.4 Å². The van der Waals surface area contributed by atoms with Gasteiger partial charge in [0.25, 0.3) is 9.05 Å². The van der Waals surface area contributed by atoms with E-state index in [1.165, 1.54) is 6.07 Å². The summed E-state index contributed by atoms with van der Waals surface area (Å²) < 4.78 is 28.2. The van der Waals surface area contributed by atoms with Gasteiger partial charge in [-0.1, -0.05) is 13.0 Å². The second-order valence-electron chi connectivity index (χ2n) is 3.70. The highest BCUT2D eigenvalue weighted by atomic mass is 35.7. The Labute approximate surface area is 101 Å². The molecule has 0 amide bonds. The second kappa shape index (κ2) is 5.06. The van der Waals surface area contributed by atoms with Crippen molar-refractivity contribution in [2.24, 2.45) is 0 Å². The Morgan fingerprint density at radius 3 is 2.44 bits per heavy atom. The third-order valence-electron chi connectivity index (χ3n) is 2.10. The van der Waals surface area contributed by atoms with Crippen LogP contribution in [0, 0.1) is 13.8 Å². The van der Waals surface area contributed by atoms with Gasteiger partial charge >= 0.3 is 0 Å². The minimum absolute atomic E-state index is 0.0557. The molecule has 0 saturated carbocycles. The summed E-state index contributed by atoms with van der Waals surface area (Å²) in [6, 6.07) is 3.40. The number of rotatable bonds is 4. The minimum atomic E-state index is -3.76. The van der Waals surface area contributed by atoms with Gasteiger partial charge in [0.2, 0.25) is 0 Å². The number of halogens is 1. The molecule has 0 N–H and O–H groups in total. The van der Waals surface area contributed by atoms with Crippen LogP contribution in [0.3, 0.4) is 0 Å². The van der Waals surface area contributed by atoms with Crippen molar-refractivity contribution in [3.8, 4) is 5.75 Å². The largest absolute Gasteiger partial charge is 0.492 e. The summed E-state index contributed by atoms with van der Waals surface area (Å²) in [5.74, 6) is 0.363. The van der Waals surface area contributed by atoms with Gasteiger partial charge in [0.1, 0.15) is 10.6 Å². The van der Waals surface area contributed by atoms with Gasteiger partial charge in [-0.3, -0.25) is 0 Å². The van der Waals surface area contributed by atoms with Crippen molar-refractivity contribution >= 4 is 19.7 Å². The van der Waals surface area contributed by atoms with Crippen molar-refractivity contribution in [1.29, 1.82) is 0 Å². The Morgan fingerprint density at radius 2 is 1.94 bits per heavy atom. The second-order valence-corrected chi connectivity index (χ2v) is 6.23. The van der Waals surface area contributed by atoms with Gasteiger partial charge in [-0.2, -0.15) is 0 Å². The molecule has 0 unspecified atom stereocenters. The van der Waals surface area contributed by atoms with E-state index in [1.54, 1.807) is 0 Å². The standard InChI is InChI=1S/C11H15ClO3S/c1-4-5-15-11-9(3)6-8(2)7-10(11)16(12,13)14/h6-7H,4-5H2,1-3H3. The number of benzene rings is 1. The van der Waals surface area contributed by atoms with Gasteiger partial charge in [-0.25, -0.2) is 8.42 Å². The Balaban J connectivity index is 3.33. The Kier molecular flexibility index (Phi) is 4.21. The molecule has 16 heavy (non-hydrogen) atoms. The van der Waals surface area contributed by atoms with Crippen LogP contribution in [0.4, 0.5) is 0 Å². The molecule has 1 aromatic rings. The highest BCUT2D eigenvalue weighted by molar-refractivity contribution is 8.13. The number of hydrogen-bond acceptors (Lipinski definition) is 3. The fourth-order valence-corrected chi connectivity index (χ4v) is 2.60. The topological polar surface area (TPSA) is 43.4 Å². The van der Waals surface area contributed by atoms with Crippen molar-refractivity contribution in [1.82, 2.24) is 0 Å². The molecule has 1 rings (SSSR count). The van der Waals surface area contributed by atoms with Crippen LogP contribution in [0.5, 0.6) is 5.75 Å².